The van der Waals surface area contributed by atoms with Crippen molar-refractivity contribution in [2.75, 3.05) is 0 Å². The smallest absolute Gasteiger partial charge is 0.450 e. The quantitative estimate of drug-likeness (QED) is 0.602. The average Bonchev–Trinajstić information content (AvgIpc) is 1.56. The third-order valence-electron chi connectivity index (χ3n) is 0.252. The molecule has 0 atom stereocenters. The molecule has 0 aromatic rings. The first-order chi connectivity index (χ1) is 4.86. The summed E-state index contributed by atoms with van der Waals surface area (Å²) in [5, 5.41) is 13.9. The van der Waals surface area contributed by atoms with Crippen LogP contribution in [-0.2, 0) is 0 Å². The minimum Gasteiger partial charge on any atom is -0.450 e. The van der Waals surface area contributed by atoms with Gasteiger partial charge in [0.05, 0.1) is 0 Å². The lowest BCUT2D eigenvalue weighted by atomic mass is 10.7. The van der Waals surface area contributed by atoms with Gasteiger partial charge in [0.2, 0.25) is 0 Å². The number of rotatable bonds is 1. The van der Waals surface area contributed by atoms with Crippen molar-refractivity contribution >= 4 is 6.16 Å². The Morgan fingerprint density at radius 1 is 1.27 bits per heavy atom. The van der Waals surface area contributed by atoms with Gasteiger partial charge in [0.1, 0.15) is 0 Å². The van der Waals surface area contributed by atoms with E-state index in [0.717, 1.165) is 0 Å². The molecule has 7 heteroatoms. The van der Waals surface area contributed by atoms with Gasteiger partial charge in [0, 0.05) is 6.08 Å². The van der Waals surface area contributed by atoms with Crippen molar-refractivity contribution in [2.45, 2.75) is 6.43 Å². The SMILES string of the molecule is FC(F)=CC(F)F.O=C(O)O. The third-order valence-corrected chi connectivity index (χ3v) is 0.252. The Balaban J connectivity index is 0. The average molecular weight is 176 g/mol. The zero-order valence-corrected chi connectivity index (χ0v) is 4.97. The summed E-state index contributed by atoms with van der Waals surface area (Å²) in [7, 11) is 0. The van der Waals surface area contributed by atoms with Crippen LogP contribution in [0.1, 0.15) is 0 Å². The predicted molar refractivity (Wildman–Crippen MR) is 27.0 cm³/mol. The number of hydrogen-bond donors (Lipinski definition) is 2. The zero-order valence-electron chi connectivity index (χ0n) is 4.97. The van der Waals surface area contributed by atoms with E-state index in [-0.39, 0.29) is 0 Å². The van der Waals surface area contributed by atoms with E-state index < -0.39 is 24.7 Å². The van der Waals surface area contributed by atoms with Crippen molar-refractivity contribution in [1.82, 2.24) is 0 Å². The van der Waals surface area contributed by atoms with Crippen LogP contribution in [0.3, 0.4) is 0 Å². The predicted octanol–water partition coefficient (Wildman–Crippen LogP) is 2.25. The standard InChI is InChI=1S/C3H2F4.CH2O3/c4-2(5)1-3(6)7;2-1(3)4/h1-2H;(H2,2,3,4). The van der Waals surface area contributed by atoms with Gasteiger partial charge in [0.15, 0.2) is 0 Å². The van der Waals surface area contributed by atoms with Gasteiger partial charge in [-0.3, -0.25) is 0 Å². The minimum absolute atomic E-state index is 0.417. The summed E-state index contributed by atoms with van der Waals surface area (Å²) in [5.74, 6) is 0. The van der Waals surface area contributed by atoms with E-state index in [1.807, 2.05) is 0 Å². The largest absolute Gasteiger partial charge is 0.503 e. The van der Waals surface area contributed by atoms with Gasteiger partial charge in [-0.05, 0) is 0 Å². The molecule has 0 unspecified atom stereocenters. The second-order valence-corrected chi connectivity index (χ2v) is 1.07. The maximum absolute atomic E-state index is 10.7. The summed E-state index contributed by atoms with van der Waals surface area (Å²) < 4.78 is 42.8. The summed E-state index contributed by atoms with van der Waals surface area (Å²) in [6.45, 7) is 0. The van der Waals surface area contributed by atoms with Crippen molar-refractivity contribution in [2.24, 2.45) is 0 Å². The lowest BCUT2D eigenvalue weighted by Crippen LogP contribution is -1.81. The number of carbonyl (C=O) groups is 1. The molecule has 0 fully saturated rings. The van der Waals surface area contributed by atoms with E-state index >= 15 is 0 Å². The first kappa shape index (κ1) is 12.4. The van der Waals surface area contributed by atoms with Crippen LogP contribution in [0.2, 0.25) is 0 Å². The molecule has 0 aliphatic rings. The maximum Gasteiger partial charge on any atom is 0.503 e. The summed E-state index contributed by atoms with van der Waals surface area (Å²) in [6.07, 6.45) is -7.63. The normalized spacial score (nSPS) is 8.09. The van der Waals surface area contributed by atoms with Gasteiger partial charge in [-0.25, -0.2) is 13.6 Å². The lowest BCUT2D eigenvalue weighted by Gasteiger charge is -1.80. The molecule has 3 nitrogen and oxygen atoms in total. The Morgan fingerprint density at radius 2 is 1.55 bits per heavy atom. The fraction of sp³-hybridized carbons (Fsp3) is 0.250. The van der Waals surface area contributed by atoms with Gasteiger partial charge >= 0.3 is 6.16 Å². The van der Waals surface area contributed by atoms with Gasteiger partial charge < -0.3 is 10.2 Å². The highest BCUT2D eigenvalue weighted by Crippen LogP contribution is 2.02. The maximum atomic E-state index is 10.7. The van der Waals surface area contributed by atoms with Crippen LogP contribution in [0.25, 0.3) is 0 Å². The van der Waals surface area contributed by atoms with Crippen molar-refractivity contribution in [1.29, 1.82) is 0 Å². The van der Waals surface area contributed by atoms with Gasteiger partial charge in [0.25, 0.3) is 12.5 Å². The second kappa shape index (κ2) is 6.84. The molecule has 2 N–H and O–H groups in total. The molecule has 0 aromatic heterocycles. The van der Waals surface area contributed by atoms with Crippen molar-refractivity contribution in [3.8, 4) is 0 Å². The molecule has 0 aromatic carbocycles. The van der Waals surface area contributed by atoms with Crippen LogP contribution in [0, 0.1) is 0 Å². The molecule has 0 heterocycles. The third kappa shape index (κ3) is 53.1. The molecule has 0 saturated carbocycles. The Hall–Kier alpha value is -1.27. The molecule has 66 valence electrons. The number of halogens is 4. The molecule has 0 amide bonds. The highest BCUT2D eigenvalue weighted by atomic mass is 19.3. The van der Waals surface area contributed by atoms with Crippen LogP contribution in [-0.4, -0.2) is 22.8 Å². The van der Waals surface area contributed by atoms with Crippen LogP contribution in [0.4, 0.5) is 22.4 Å². The molecule has 11 heavy (non-hydrogen) atoms. The number of alkyl halides is 2. The Kier molecular flexibility index (Phi) is 7.72. The molecule has 0 bridgehead atoms. The molecule has 0 radical (unpaired) electrons. The van der Waals surface area contributed by atoms with Crippen LogP contribution < -0.4 is 0 Å². The number of allylic oxidation sites excluding steroid dienone is 1. The summed E-state index contributed by atoms with van der Waals surface area (Å²) in [4.78, 5) is 8.56. The Bertz CT molecular complexity index is 136. The summed E-state index contributed by atoms with van der Waals surface area (Å²) >= 11 is 0. The molecule has 0 rings (SSSR count). The number of hydrogen-bond acceptors (Lipinski definition) is 1. The monoisotopic (exact) mass is 176 g/mol. The van der Waals surface area contributed by atoms with Gasteiger partial charge in [-0.15, -0.1) is 0 Å². The van der Waals surface area contributed by atoms with Crippen LogP contribution in [0.15, 0.2) is 12.2 Å². The van der Waals surface area contributed by atoms with E-state index in [4.69, 9.17) is 15.0 Å². The molecule has 0 aliphatic heterocycles. The second-order valence-electron chi connectivity index (χ2n) is 1.07. The van der Waals surface area contributed by atoms with E-state index in [9.17, 15) is 17.6 Å². The molecular formula is C4H4F4O3. The Labute approximate surface area is 58.6 Å². The molecule has 0 aliphatic carbocycles. The summed E-state index contributed by atoms with van der Waals surface area (Å²) in [5.41, 5.74) is 0. The van der Waals surface area contributed by atoms with Crippen LogP contribution in [0.5, 0.6) is 0 Å². The fourth-order valence-corrected chi connectivity index (χ4v) is 0.0952. The minimum atomic E-state index is -3.04. The fourth-order valence-electron chi connectivity index (χ4n) is 0.0952. The van der Waals surface area contributed by atoms with Crippen molar-refractivity contribution < 1.29 is 32.6 Å². The van der Waals surface area contributed by atoms with E-state index in [2.05, 4.69) is 0 Å². The van der Waals surface area contributed by atoms with Gasteiger partial charge in [-0.2, -0.15) is 8.78 Å². The molecular weight excluding hydrogens is 172 g/mol. The zero-order chi connectivity index (χ0) is 9.44. The van der Waals surface area contributed by atoms with Gasteiger partial charge in [-0.1, -0.05) is 0 Å². The summed E-state index contributed by atoms with van der Waals surface area (Å²) in [6, 6.07) is 0. The molecule has 0 spiro atoms. The number of carboxylic acid groups (broad SMARTS) is 2. The van der Waals surface area contributed by atoms with Crippen LogP contribution >= 0.6 is 0 Å². The van der Waals surface area contributed by atoms with E-state index in [0.29, 0.717) is 0 Å². The first-order valence-corrected chi connectivity index (χ1v) is 2.09. The van der Waals surface area contributed by atoms with E-state index in [1.54, 1.807) is 0 Å². The van der Waals surface area contributed by atoms with Crippen molar-refractivity contribution in [3.05, 3.63) is 12.2 Å². The lowest BCUT2D eigenvalue weighted by molar-refractivity contribution is 0.137. The highest BCUT2D eigenvalue weighted by molar-refractivity contribution is 5.53. The van der Waals surface area contributed by atoms with E-state index in [1.165, 1.54) is 0 Å². The topological polar surface area (TPSA) is 57.5 Å². The highest BCUT2D eigenvalue weighted by Gasteiger charge is 1.97. The molecule has 0 saturated heterocycles. The van der Waals surface area contributed by atoms with Crippen molar-refractivity contribution in [3.63, 3.8) is 0 Å². The first-order valence-electron chi connectivity index (χ1n) is 2.09. The Morgan fingerprint density at radius 3 is 1.55 bits per heavy atom.